The Kier molecular flexibility index (Phi) is 2.84. The fourth-order valence-corrected chi connectivity index (χ4v) is 3.55. The molecule has 0 N–H and O–H groups in total. The third-order valence-corrected chi connectivity index (χ3v) is 4.73. The lowest BCUT2D eigenvalue weighted by Crippen LogP contribution is -2.29. The lowest BCUT2D eigenvalue weighted by atomic mass is 9.86. The molecule has 2 aromatic rings. The van der Waals surface area contributed by atoms with Gasteiger partial charge in [0.1, 0.15) is 11.3 Å². The minimum Gasteiger partial charge on any atom is -0.337 e. The normalized spacial score (nSPS) is 24.5. The number of fused-ring (bicyclic) bond motifs is 2. The number of allylic oxidation sites excluding steroid dienone is 2. The van der Waals surface area contributed by atoms with Crippen LogP contribution >= 0.6 is 0 Å². The van der Waals surface area contributed by atoms with Gasteiger partial charge in [-0.2, -0.15) is 0 Å². The summed E-state index contributed by atoms with van der Waals surface area (Å²) in [6, 6.07) is 3.98. The molecule has 0 bridgehead atoms. The zero-order valence-corrected chi connectivity index (χ0v) is 12.2. The van der Waals surface area contributed by atoms with E-state index in [1.165, 1.54) is 0 Å². The number of carbonyl (C=O) groups excluding carboxylic acids is 1. The second kappa shape index (κ2) is 4.72. The van der Waals surface area contributed by atoms with Crippen molar-refractivity contribution in [2.75, 3.05) is 13.1 Å². The quantitative estimate of drug-likeness (QED) is 0.754. The molecule has 3 heterocycles. The van der Waals surface area contributed by atoms with Crippen LogP contribution in [-0.2, 0) is 0 Å². The largest absolute Gasteiger partial charge is 0.337 e. The first-order valence-electron chi connectivity index (χ1n) is 7.60. The number of rotatable bonds is 1. The van der Waals surface area contributed by atoms with Gasteiger partial charge in [-0.15, -0.1) is 0 Å². The molecule has 0 radical (unpaired) electrons. The smallest absolute Gasteiger partial charge is 0.274 e. The van der Waals surface area contributed by atoms with Gasteiger partial charge in [-0.3, -0.25) is 4.79 Å². The van der Waals surface area contributed by atoms with E-state index < -0.39 is 0 Å². The summed E-state index contributed by atoms with van der Waals surface area (Å²) in [7, 11) is 0. The third kappa shape index (κ3) is 2.15. The Balaban J connectivity index is 1.59. The van der Waals surface area contributed by atoms with Crippen molar-refractivity contribution in [2.45, 2.75) is 19.8 Å². The highest BCUT2D eigenvalue weighted by Crippen LogP contribution is 2.33. The highest BCUT2D eigenvalue weighted by molar-refractivity contribution is 5.93. The molecule has 2 aliphatic rings. The summed E-state index contributed by atoms with van der Waals surface area (Å²) in [6.07, 6.45) is 10.6. The predicted molar refractivity (Wildman–Crippen MR) is 81.2 cm³/mol. The summed E-state index contributed by atoms with van der Waals surface area (Å²) in [5.41, 5.74) is 2.56. The van der Waals surface area contributed by atoms with Crippen molar-refractivity contribution in [3.63, 3.8) is 0 Å². The van der Waals surface area contributed by atoms with Gasteiger partial charge >= 0.3 is 0 Å². The van der Waals surface area contributed by atoms with E-state index in [0.717, 1.165) is 37.1 Å². The van der Waals surface area contributed by atoms with Gasteiger partial charge in [0.25, 0.3) is 5.91 Å². The third-order valence-electron chi connectivity index (χ3n) is 4.73. The van der Waals surface area contributed by atoms with Crippen molar-refractivity contribution in [2.24, 2.45) is 11.8 Å². The average molecular weight is 281 g/mol. The number of likely N-dealkylation sites (tertiary alicyclic amines) is 1. The van der Waals surface area contributed by atoms with Gasteiger partial charge in [-0.1, -0.05) is 18.2 Å². The van der Waals surface area contributed by atoms with Gasteiger partial charge in [0.05, 0.1) is 0 Å². The molecule has 0 aromatic carbocycles. The Labute approximate surface area is 124 Å². The van der Waals surface area contributed by atoms with Crippen LogP contribution in [0.3, 0.4) is 0 Å². The van der Waals surface area contributed by atoms with E-state index in [1.54, 1.807) is 0 Å². The van der Waals surface area contributed by atoms with E-state index in [2.05, 4.69) is 17.1 Å². The monoisotopic (exact) mass is 281 g/mol. The van der Waals surface area contributed by atoms with E-state index in [4.69, 9.17) is 0 Å². The molecular weight excluding hydrogens is 262 g/mol. The lowest BCUT2D eigenvalue weighted by Gasteiger charge is -2.17. The maximum Gasteiger partial charge on any atom is 0.274 e. The zero-order chi connectivity index (χ0) is 14.4. The van der Waals surface area contributed by atoms with Crippen molar-refractivity contribution in [1.82, 2.24) is 14.3 Å². The van der Waals surface area contributed by atoms with Gasteiger partial charge in [0.15, 0.2) is 0 Å². The second-order valence-electron chi connectivity index (χ2n) is 6.27. The standard InChI is InChI=1S/C17H19N3O/c1-12-6-7-16-18-15(11-19(16)8-12)17(21)20-9-13-4-2-3-5-14(13)10-20/h2-3,6-8,11,13-14H,4-5,9-10H2,1H3. The van der Waals surface area contributed by atoms with E-state index >= 15 is 0 Å². The summed E-state index contributed by atoms with van der Waals surface area (Å²) < 4.78 is 1.94. The topological polar surface area (TPSA) is 37.6 Å². The first-order valence-corrected chi connectivity index (χ1v) is 7.60. The van der Waals surface area contributed by atoms with E-state index in [-0.39, 0.29) is 5.91 Å². The molecule has 1 amide bonds. The molecule has 4 rings (SSSR count). The predicted octanol–water partition coefficient (Wildman–Crippen LogP) is 2.68. The number of aryl methyl sites for hydroxylation is 1. The molecule has 1 saturated heterocycles. The number of hydrogen-bond donors (Lipinski definition) is 0. The molecule has 1 fully saturated rings. The number of amides is 1. The molecule has 2 atom stereocenters. The Morgan fingerprint density at radius 1 is 1.14 bits per heavy atom. The van der Waals surface area contributed by atoms with Crippen LogP contribution in [0.2, 0.25) is 0 Å². The number of hydrogen-bond acceptors (Lipinski definition) is 2. The van der Waals surface area contributed by atoms with Crippen molar-refractivity contribution < 1.29 is 4.79 Å². The Morgan fingerprint density at radius 2 is 1.86 bits per heavy atom. The molecule has 0 spiro atoms. The van der Waals surface area contributed by atoms with Gasteiger partial charge in [-0.05, 0) is 43.2 Å². The van der Waals surface area contributed by atoms with Gasteiger partial charge in [0.2, 0.25) is 0 Å². The number of imidazole rings is 1. The molecule has 4 heteroatoms. The number of nitrogens with zero attached hydrogens (tertiary/aromatic N) is 3. The van der Waals surface area contributed by atoms with Gasteiger partial charge in [0, 0.05) is 25.5 Å². The molecule has 21 heavy (non-hydrogen) atoms. The molecule has 2 unspecified atom stereocenters. The second-order valence-corrected chi connectivity index (χ2v) is 6.27. The Bertz CT molecular complexity index is 715. The minimum absolute atomic E-state index is 0.0748. The zero-order valence-electron chi connectivity index (χ0n) is 12.2. The molecule has 2 aromatic heterocycles. The van der Waals surface area contributed by atoms with Crippen LogP contribution in [-0.4, -0.2) is 33.3 Å². The van der Waals surface area contributed by atoms with Crippen LogP contribution in [0.15, 0.2) is 36.7 Å². The fourth-order valence-electron chi connectivity index (χ4n) is 3.55. The highest BCUT2D eigenvalue weighted by Gasteiger charge is 2.35. The molecule has 4 nitrogen and oxygen atoms in total. The summed E-state index contributed by atoms with van der Waals surface area (Å²) in [5.74, 6) is 1.35. The molecule has 0 saturated carbocycles. The van der Waals surface area contributed by atoms with Crippen molar-refractivity contribution in [3.05, 3.63) is 47.9 Å². The number of pyridine rings is 1. The van der Waals surface area contributed by atoms with Crippen molar-refractivity contribution in [1.29, 1.82) is 0 Å². The summed E-state index contributed by atoms with van der Waals surface area (Å²) >= 11 is 0. The van der Waals surface area contributed by atoms with Crippen LogP contribution in [0.1, 0.15) is 28.9 Å². The number of carbonyl (C=O) groups is 1. The maximum absolute atomic E-state index is 12.7. The Hall–Kier alpha value is -2.10. The van der Waals surface area contributed by atoms with Crippen molar-refractivity contribution >= 4 is 11.6 Å². The van der Waals surface area contributed by atoms with Gasteiger partial charge in [-0.25, -0.2) is 4.98 Å². The molecule has 1 aliphatic carbocycles. The van der Waals surface area contributed by atoms with Gasteiger partial charge < -0.3 is 9.30 Å². The van der Waals surface area contributed by atoms with Crippen molar-refractivity contribution in [3.8, 4) is 0 Å². The molecular formula is C17H19N3O. The average Bonchev–Trinajstić information content (AvgIpc) is 3.09. The molecule has 108 valence electrons. The van der Waals surface area contributed by atoms with Crippen LogP contribution in [0.25, 0.3) is 5.65 Å². The van der Waals surface area contributed by atoms with Crippen LogP contribution in [0.4, 0.5) is 0 Å². The summed E-state index contributed by atoms with van der Waals surface area (Å²) in [5, 5.41) is 0. The first kappa shape index (κ1) is 12.6. The Morgan fingerprint density at radius 3 is 2.57 bits per heavy atom. The van der Waals surface area contributed by atoms with Crippen LogP contribution < -0.4 is 0 Å². The van der Waals surface area contributed by atoms with E-state index in [0.29, 0.717) is 17.5 Å². The SMILES string of the molecule is Cc1ccc2nc(C(=O)N3CC4CC=CCC4C3)cn2c1. The summed E-state index contributed by atoms with van der Waals surface area (Å²) in [6.45, 7) is 3.79. The van der Waals surface area contributed by atoms with Crippen LogP contribution in [0.5, 0.6) is 0 Å². The maximum atomic E-state index is 12.7. The minimum atomic E-state index is 0.0748. The van der Waals surface area contributed by atoms with E-state index in [1.807, 2.05) is 40.8 Å². The summed E-state index contributed by atoms with van der Waals surface area (Å²) in [4.78, 5) is 19.1. The lowest BCUT2D eigenvalue weighted by molar-refractivity contribution is 0.0779. The molecule has 1 aliphatic heterocycles. The fraction of sp³-hybridized carbons (Fsp3) is 0.412. The highest BCUT2D eigenvalue weighted by atomic mass is 16.2. The van der Waals surface area contributed by atoms with Crippen LogP contribution in [0, 0.1) is 18.8 Å². The number of aromatic nitrogens is 2. The first-order chi connectivity index (χ1) is 10.2. The van der Waals surface area contributed by atoms with E-state index in [9.17, 15) is 4.79 Å².